The molecule has 1 rings (SSSR count). The van der Waals surface area contributed by atoms with Crippen molar-refractivity contribution in [2.45, 2.75) is 6.92 Å². The highest BCUT2D eigenvalue weighted by Crippen LogP contribution is 2.34. The molecule has 0 aliphatic heterocycles. The molecule has 62 valence electrons. The molecule has 0 saturated heterocycles. The monoisotopic (exact) mass is 173 g/mol. The first-order valence-corrected chi connectivity index (χ1v) is 4.10. The van der Waals surface area contributed by atoms with Gasteiger partial charge in [0, 0.05) is 6.54 Å². The highest BCUT2D eigenvalue weighted by Gasteiger charge is 2.09. The summed E-state index contributed by atoms with van der Waals surface area (Å²) in [5.41, 5.74) is 5.52. The highest BCUT2D eigenvalue weighted by atomic mass is 32.1. The zero-order chi connectivity index (χ0) is 8.27. The molecule has 11 heavy (non-hydrogen) atoms. The molecule has 0 aromatic carbocycles. The van der Waals surface area contributed by atoms with E-state index in [2.05, 4.69) is 9.69 Å². The molecule has 0 fully saturated rings. The van der Waals surface area contributed by atoms with Crippen molar-refractivity contribution in [3.05, 3.63) is 0 Å². The molecule has 0 aliphatic rings. The molecule has 1 aromatic heterocycles. The average molecular weight is 173 g/mol. The minimum atomic E-state index is 0.452. The Morgan fingerprint density at radius 1 is 1.73 bits per heavy atom. The summed E-state index contributed by atoms with van der Waals surface area (Å²) >= 11 is 1.31. The molecule has 0 amide bonds. The molecule has 0 unspecified atom stereocenters. The summed E-state index contributed by atoms with van der Waals surface area (Å²) in [7, 11) is 1.58. The summed E-state index contributed by atoms with van der Waals surface area (Å²) < 4.78 is 8.97. The largest absolute Gasteiger partial charge is 0.490 e. The lowest BCUT2D eigenvalue weighted by Gasteiger charge is -2.01. The Bertz CT molecular complexity index is 236. The Labute approximate surface area is 69.5 Å². The molecular formula is C6H11N3OS. The minimum Gasteiger partial charge on any atom is -0.490 e. The zero-order valence-corrected chi connectivity index (χ0v) is 7.36. The Kier molecular flexibility index (Phi) is 2.53. The van der Waals surface area contributed by atoms with Crippen molar-refractivity contribution in [1.29, 1.82) is 0 Å². The van der Waals surface area contributed by atoms with E-state index in [1.807, 2.05) is 6.92 Å². The van der Waals surface area contributed by atoms with Gasteiger partial charge in [-0.2, -0.15) is 4.37 Å². The van der Waals surface area contributed by atoms with E-state index in [4.69, 9.17) is 10.5 Å². The van der Waals surface area contributed by atoms with Gasteiger partial charge in [-0.15, -0.1) is 0 Å². The SMILES string of the molecule is CCNc1snc(N)c1OC. The number of nitrogens with zero attached hydrogens (tertiary/aromatic N) is 1. The topological polar surface area (TPSA) is 60.2 Å². The number of methoxy groups -OCH3 is 1. The number of nitrogen functional groups attached to an aromatic ring is 1. The van der Waals surface area contributed by atoms with Crippen molar-refractivity contribution in [2.24, 2.45) is 0 Å². The molecule has 3 N–H and O–H groups in total. The number of ether oxygens (including phenoxy) is 1. The highest BCUT2D eigenvalue weighted by molar-refractivity contribution is 7.11. The predicted octanol–water partition coefficient (Wildman–Crippen LogP) is 1.17. The van der Waals surface area contributed by atoms with E-state index in [0.29, 0.717) is 11.6 Å². The Morgan fingerprint density at radius 2 is 2.45 bits per heavy atom. The number of nitrogens with two attached hydrogens (primary N) is 1. The smallest absolute Gasteiger partial charge is 0.197 e. The number of hydrogen-bond donors (Lipinski definition) is 2. The van der Waals surface area contributed by atoms with Gasteiger partial charge in [0.1, 0.15) is 0 Å². The summed E-state index contributed by atoms with van der Waals surface area (Å²) in [6.45, 7) is 2.85. The van der Waals surface area contributed by atoms with Crippen LogP contribution < -0.4 is 15.8 Å². The van der Waals surface area contributed by atoms with Crippen molar-refractivity contribution in [3.8, 4) is 5.75 Å². The lowest BCUT2D eigenvalue weighted by atomic mass is 10.5. The number of nitrogens with one attached hydrogen (secondary N) is 1. The van der Waals surface area contributed by atoms with E-state index in [-0.39, 0.29) is 0 Å². The number of aromatic nitrogens is 1. The molecule has 0 radical (unpaired) electrons. The van der Waals surface area contributed by atoms with Crippen molar-refractivity contribution in [1.82, 2.24) is 4.37 Å². The fourth-order valence-electron chi connectivity index (χ4n) is 0.764. The molecule has 0 saturated carbocycles. The van der Waals surface area contributed by atoms with E-state index >= 15 is 0 Å². The second kappa shape index (κ2) is 3.43. The third kappa shape index (κ3) is 1.54. The number of rotatable bonds is 3. The summed E-state index contributed by atoms with van der Waals surface area (Å²) in [5, 5.41) is 3.99. The van der Waals surface area contributed by atoms with Crippen molar-refractivity contribution >= 4 is 22.4 Å². The fraction of sp³-hybridized carbons (Fsp3) is 0.500. The van der Waals surface area contributed by atoms with Crippen molar-refractivity contribution in [3.63, 3.8) is 0 Å². The van der Waals surface area contributed by atoms with Crippen LogP contribution in [0.4, 0.5) is 10.8 Å². The van der Waals surface area contributed by atoms with Crippen LogP contribution in [-0.2, 0) is 0 Å². The van der Waals surface area contributed by atoms with Gasteiger partial charge in [0.2, 0.25) is 0 Å². The maximum Gasteiger partial charge on any atom is 0.197 e. The zero-order valence-electron chi connectivity index (χ0n) is 6.55. The third-order valence-corrected chi connectivity index (χ3v) is 2.02. The lowest BCUT2D eigenvalue weighted by molar-refractivity contribution is 0.419. The molecular weight excluding hydrogens is 162 g/mol. The van der Waals surface area contributed by atoms with Gasteiger partial charge in [-0.3, -0.25) is 0 Å². The lowest BCUT2D eigenvalue weighted by Crippen LogP contribution is -1.97. The minimum absolute atomic E-state index is 0.452. The van der Waals surface area contributed by atoms with Crippen LogP contribution in [0.3, 0.4) is 0 Å². The van der Waals surface area contributed by atoms with E-state index in [1.165, 1.54) is 11.5 Å². The normalized spacial score (nSPS) is 9.64. The maximum atomic E-state index is 5.52. The summed E-state index contributed by atoms with van der Waals surface area (Å²) in [6, 6.07) is 0. The quantitative estimate of drug-likeness (QED) is 0.720. The molecule has 1 heterocycles. The van der Waals surface area contributed by atoms with Gasteiger partial charge >= 0.3 is 0 Å². The first-order valence-electron chi connectivity index (χ1n) is 3.32. The van der Waals surface area contributed by atoms with Gasteiger partial charge in [-0.1, -0.05) is 0 Å². The molecule has 0 aliphatic carbocycles. The van der Waals surface area contributed by atoms with Gasteiger partial charge in [0.15, 0.2) is 16.6 Å². The molecule has 4 nitrogen and oxygen atoms in total. The van der Waals surface area contributed by atoms with E-state index < -0.39 is 0 Å². The van der Waals surface area contributed by atoms with Crippen LogP contribution in [0, 0.1) is 0 Å². The Hall–Kier alpha value is -0.970. The summed E-state index contributed by atoms with van der Waals surface area (Å²) in [5.74, 6) is 1.10. The molecule has 5 heteroatoms. The van der Waals surface area contributed by atoms with Gasteiger partial charge in [-0.05, 0) is 18.5 Å². The second-order valence-electron chi connectivity index (χ2n) is 1.96. The van der Waals surface area contributed by atoms with Crippen LogP contribution in [0.25, 0.3) is 0 Å². The second-order valence-corrected chi connectivity index (χ2v) is 2.73. The summed E-state index contributed by atoms with van der Waals surface area (Å²) in [6.07, 6.45) is 0. The first-order chi connectivity index (χ1) is 5.29. The third-order valence-electron chi connectivity index (χ3n) is 1.22. The van der Waals surface area contributed by atoms with E-state index in [1.54, 1.807) is 7.11 Å². The molecule has 0 spiro atoms. The van der Waals surface area contributed by atoms with Crippen molar-refractivity contribution < 1.29 is 4.74 Å². The number of hydrogen-bond acceptors (Lipinski definition) is 5. The standard InChI is InChI=1S/C6H11N3OS/c1-3-8-6-4(10-2)5(7)9-11-6/h8H,3H2,1-2H3,(H2,7,9). The Balaban J connectivity index is 2.86. The number of anilines is 2. The predicted molar refractivity (Wildman–Crippen MR) is 47.2 cm³/mol. The average Bonchev–Trinajstić information content (AvgIpc) is 2.33. The van der Waals surface area contributed by atoms with Crippen molar-refractivity contribution in [2.75, 3.05) is 24.7 Å². The van der Waals surface area contributed by atoms with Gasteiger partial charge in [0.05, 0.1) is 7.11 Å². The summed E-state index contributed by atoms with van der Waals surface area (Å²) in [4.78, 5) is 0. The van der Waals surface area contributed by atoms with Crippen LogP contribution in [0.1, 0.15) is 6.92 Å². The van der Waals surface area contributed by atoms with Gasteiger partial charge in [-0.25, -0.2) is 0 Å². The molecule has 0 bridgehead atoms. The van der Waals surface area contributed by atoms with Crippen LogP contribution in [0.5, 0.6) is 5.75 Å². The van der Waals surface area contributed by atoms with Gasteiger partial charge < -0.3 is 15.8 Å². The molecule has 1 aromatic rings. The maximum absolute atomic E-state index is 5.52. The van der Waals surface area contributed by atoms with E-state index in [9.17, 15) is 0 Å². The van der Waals surface area contributed by atoms with Gasteiger partial charge in [0.25, 0.3) is 0 Å². The van der Waals surface area contributed by atoms with Crippen LogP contribution >= 0.6 is 11.5 Å². The Morgan fingerprint density at radius 3 is 3.00 bits per heavy atom. The fourth-order valence-corrected chi connectivity index (χ4v) is 1.52. The van der Waals surface area contributed by atoms with Crippen LogP contribution in [0.2, 0.25) is 0 Å². The van der Waals surface area contributed by atoms with Crippen LogP contribution in [0.15, 0.2) is 0 Å². The van der Waals surface area contributed by atoms with E-state index in [0.717, 1.165) is 11.5 Å². The van der Waals surface area contributed by atoms with Crippen LogP contribution in [-0.4, -0.2) is 18.0 Å². The first kappa shape index (κ1) is 8.13. The molecule has 0 atom stereocenters.